The largest absolute Gasteiger partial charge is 0.481 e. The maximum Gasteiger partial charge on any atom is 0.313 e. The zero-order chi connectivity index (χ0) is 18.5. The Morgan fingerprint density at radius 1 is 1.17 bits per heavy atom. The molecule has 0 saturated heterocycles. The summed E-state index contributed by atoms with van der Waals surface area (Å²) >= 11 is 0. The van der Waals surface area contributed by atoms with Crippen molar-refractivity contribution < 1.29 is 32.6 Å². The van der Waals surface area contributed by atoms with Crippen molar-refractivity contribution in [3.63, 3.8) is 0 Å². The van der Waals surface area contributed by atoms with Crippen molar-refractivity contribution in [2.75, 3.05) is 13.7 Å². The summed E-state index contributed by atoms with van der Waals surface area (Å²) in [4.78, 5) is 34.1. The zero-order valence-corrected chi connectivity index (χ0v) is 15.0. The molecule has 1 aliphatic carbocycles. The highest BCUT2D eigenvalue weighted by molar-refractivity contribution is 7.90. The SMILES string of the molecule is COC(=O)CC(=O)C1CCC(S(=O)(=O)NCC(C)(C)C(=O)O)CC1. The number of carboxylic acid groups (broad SMARTS) is 1. The number of hydrogen-bond donors (Lipinski definition) is 2. The van der Waals surface area contributed by atoms with Crippen LogP contribution in [0.3, 0.4) is 0 Å². The molecule has 24 heavy (non-hydrogen) atoms. The van der Waals surface area contributed by atoms with Crippen LogP contribution in [0.25, 0.3) is 0 Å². The van der Waals surface area contributed by atoms with E-state index < -0.39 is 32.6 Å². The van der Waals surface area contributed by atoms with E-state index in [2.05, 4.69) is 9.46 Å². The highest BCUT2D eigenvalue weighted by Crippen LogP contribution is 2.30. The first-order valence-electron chi connectivity index (χ1n) is 7.81. The van der Waals surface area contributed by atoms with E-state index >= 15 is 0 Å². The predicted octanol–water partition coefficient (Wildman–Crippen LogP) is 0.708. The first kappa shape index (κ1) is 20.6. The Bertz CT molecular complexity index is 589. The molecule has 0 spiro atoms. The quantitative estimate of drug-likeness (QED) is 0.480. The Morgan fingerprint density at radius 3 is 2.17 bits per heavy atom. The molecule has 1 aliphatic rings. The van der Waals surface area contributed by atoms with Crippen LogP contribution in [0.5, 0.6) is 0 Å². The van der Waals surface area contributed by atoms with Gasteiger partial charge in [-0.2, -0.15) is 0 Å². The number of carboxylic acids is 1. The van der Waals surface area contributed by atoms with E-state index in [-0.39, 0.29) is 24.7 Å². The van der Waals surface area contributed by atoms with Crippen molar-refractivity contribution in [2.24, 2.45) is 11.3 Å². The number of nitrogens with one attached hydrogen (secondary N) is 1. The summed E-state index contributed by atoms with van der Waals surface area (Å²) in [7, 11) is -2.43. The van der Waals surface area contributed by atoms with Gasteiger partial charge in [-0.3, -0.25) is 14.4 Å². The molecule has 0 aromatic heterocycles. The molecule has 8 nitrogen and oxygen atoms in total. The number of ketones is 1. The number of Topliss-reactive ketones (excluding diaryl/α,β-unsaturated/α-hetero) is 1. The summed E-state index contributed by atoms with van der Waals surface area (Å²) in [6, 6.07) is 0. The van der Waals surface area contributed by atoms with Gasteiger partial charge in [0.1, 0.15) is 12.2 Å². The molecule has 2 N–H and O–H groups in total. The lowest BCUT2D eigenvalue weighted by atomic mass is 9.85. The molecule has 1 rings (SSSR count). The smallest absolute Gasteiger partial charge is 0.313 e. The Morgan fingerprint density at radius 2 is 1.71 bits per heavy atom. The van der Waals surface area contributed by atoms with Crippen LogP contribution >= 0.6 is 0 Å². The molecule has 138 valence electrons. The van der Waals surface area contributed by atoms with Gasteiger partial charge in [0.25, 0.3) is 0 Å². The Balaban J connectivity index is 2.55. The summed E-state index contributed by atoms with van der Waals surface area (Å²) < 4.78 is 31.4. The molecule has 0 radical (unpaired) electrons. The summed E-state index contributed by atoms with van der Waals surface area (Å²) in [6.45, 7) is 2.70. The van der Waals surface area contributed by atoms with Crippen molar-refractivity contribution in [2.45, 2.75) is 51.2 Å². The van der Waals surface area contributed by atoms with Crippen molar-refractivity contribution in [3.8, 4) is 0 Å². The second kappa shape index (κ2) is 8.06. The topological polar surface area (TPSA) is 127 Å². The third-order valence-electron chi connectivity index (χ3n) is 4.41. The summed E-state index contributed by atoms with van der Waals surface area (Å²) in [5.74, 6) is -2.22. The minimum Gasteiger partial charge on any atom is -0.481 e. The maximum absolute atomic E-state index is 12.3. The lowest BCUT2D eigenvalue weighted by molar-refractivity contribution is -0.147. The average Bonchev–Trinajstić information content (AvgIpc) is 2.53. The molecule has 0 heterocycles. The molecule has 0 bridgehead atoms. The van der Waals surface area contributed by atoms with E-state index in [0.29, 0.717) is 25.7 Å². The number of carbonyl (C=O) groups excluding carboxylic acids is 2. The fraction of sp³-hybridized carbons (Fsp3) is 0.800. The average molecular weight is 363 g/mol. The van der Waals surface area contributed by atoms with Crippen LogP contribution in [-0.4, -0.2) is 50.2 Å². The molecule has 0 aromatic carbocycles. The number of rotatable bonds is 8. The fourth-order valence-corrected chi connectivity index (χ4v) is 4.22. The van der Waals surface area contributed by atoms with Crippen LogP contribution in [0.2, 0.25) is 0 Å². The van der Waals surface area contributed by atoms with Crippen molar-refractivity contribution in [1.29, 1.82) is 0 Å². The van der Waals surface area contributed by atoms with Crippen LogP contribution < -0.4 is 4.72 Å². The zero-order valence-electron chi connectivity index (χ0n) is 14.2. The van der Waals surface area contributed by atoms with E-state index in [0.717, 1.165) is 0 Å². The number of ether oxygens (including phenoxy) is 1. The number of sulfonamides is 1. The normalized spacial score (nSPS) is 22.0. The van der Waals surface area contributed by atoms with Gasteiger partial charge in [0, 0.05) is 12.5 Å². The van der Waals surface area contributed by atoms with Gasteiger partial charge in [-0.05, 0) is 39.5 Å². The Kier molecular flexibility index (Phi) is 6.91. The second-order valence-electron chi connectivity index (χ2n) is 6.75. The minimum absolute atomic E-state index is 0.189. The molecular formula is C15H25NO7S. The van der Waals surface area contributed by atoms with E-state index in [9.17, 15) is 22.8 Å². The van der Waals surface area contributed by atoms with Gasteiger partial charge in [-0.15, -0.1) is 0 Å². The van der Waals surface area contributed by atoms with Crippen molar-refractivity contribution >= 4 is 27.7 Å². The molecule has 9 heteroatoms. The van der Waals surface area contributed by atoms with Crippen molar-refractivity contribution in [3.05, 3.63) is 0 Å². The fourth-order valence-electron chi connectivity index (χ4n) is 2.53. The third-order valence-corrected chi connectivity index (χ3v) is 6.30. The van der Waals surface area contributed by atoms with Gasteiger partial charge in [0.2, 0.25) is 10.0 Å². The number of aliphatic carboxylic acids is 1. The molecule has 0 atom stereocenters. The standard InChI is InChI=1S/C15H25NO7S/c1-15(2,14(19)20)9-16-24(21,22)11-6-4-10(5-7-11)12(17)8-13(18)23-3/h10-11,16H,4-9H2,1-3H3,(H,19,20). The second-order valence-corrected chi connectivity index (χ2v) is 8.79. The lowest BCUT2D eigenvalue weighted by Crippen LogP contribution is -2.44. The van der Waals surface area contributed by atoms with E-state index in [1.165, 1.54) is 21.0 Å². The van der Waals surface area contributed by atoms with Gasteiger partial charge < -0.3 is 9.84 Å². The van der Waals surface area contributed by atoms with Gasteiger partial charge in [0.05, 0.1) is 17.8 Å². The highest BCUT2D eigenvalue weighted by atomic mass is 32.2. The van der Waals surface area contributed by atoms with Crippen LogP contribution in [0.15, 0.2) is 0 Å². The summed E-state index contributed by atoms with van der Waals surface area (Å²) in [6.07, 6.45) is 1.11. The van der Waals surface area contributed by atoms with Crippen LogP contribution in [0, 0.1) is 11.3 Å². The summed E-state index contributed by atoms with van der Waals surface area (Å²) in [5.41, 5.74) is -1.19. The molecular weight excluding hydrogens is 338 g/mol. The van der Waals surface area contributed by atoms with E-state index in [1.807, 2.05) is 0 Å². The summed E-state index contributed by atoms with van der Waals surface area (Å²) in [5, 5.41) is 8.38. The maximum atomic E-state index is 12.3. The van der Waals surface area contributed by atoms with Crippen LogP contribution in [0.1, 0.15) is 46.0 Å². The monoisotopic (exact) mass is 363 g/mol. The van der Waals surface area contributed by atoms with Crippen LogP contribution in [-0.2, 0) is 29.1 Å². The Labute approximate surface area is 142 Å². The van der Waals surface area contributed by atoms with Gasteiger partial charge in [0.15, 0.2) is 0 Å². The molecule has 1 saturated carbocycles. The first-order chi connectivity index (χ1) is 11.0. The van der Waals surface area contributed by atoms with Crippen LogP contribution in [0.4, 0.5) is 0 Å². The number of esters is 1. The van der Waals surface area contributed by atoms with Gasteiger partial charge >= 0.3 is 11.9 Å². The first-order valence-corrected chi connectivity index (χ1v) is 9.35. The highest BCUT2D eigenvalue weighted by Gasteiger charge is 2.36. The molecule has 0 unspecified atom stereocenters. The molecule has 0 aliphatic heterocycles. The minimum atomic E-state index is -3.64. The van der Waals surface area contributed by atoms with E-state index in [1.54, 1.807) is 0 Å². The third kappa shape index (κ3) is 5.55. The molecule has 1 fully saturated rings. The van der Waals surface area contributed by atoms with Gasteiger partial charge in [-0.1, -0.05) is 0 Å². The van der Waals surface area contributed by atoms with Crippen molar-refractivity contribution in [1.82, 2.24) is 4.72 Å². The predicted molar refractivity (Wildman–Crippen MR) is 85.7 cm³/mol. The van der Waals surface area contributed by atoms with E-state index in [4.69, 9.17) is 5.11 Å². The van der Waals surface area contributed by atoms with Gasteiger partial charge in [-0.25, -0.2) is 13.1 Å². The number of methoxy groups -OCH3 is 1. The number of carbonyl (C=O) groups is 3. The molecule has 0 amide bonds. The molecule has 0 aromatic rings. The lowest BCUT2D eigenvalue weighted by Gasteiger charge is -2.28. The Hall–Kier alpha value is -1.48. The number of hydrogen-bond acceptors (Lipinski definition) is 6.